The molecule has 31 heavy (non-hydrogen) atoms. The summed E-state index contributed by atoms with van der Waals surface area (Å²) < 4.78 is 27.5. The van der Waals surface area contributed by atoms with Gasteiger partial charge in [0.1, 0.15) is 17.5 Å². The molecule has 2 aliphatic heterocycles. The highest BCUT2D eigenvalue weighted by atomic mass is 19.1. The summed E-state index contributed by atoms with van der Waals surface area (Å²) in [4.78, 5) is 16.9. The van der Waals surface area contributed by atoms with Crippen molar-refractivity contribution in [1.29, 1.82) is 10.8 Å². The van der Waals surface area contributed by atoms with Crippen LogP contribution in [0.5, 0.6) is 0 Å². The van der Waals surface area contributed by atoms with E-state index in [0.717, 1.165) is 25.3 Å². The molecule has 1 aromatic rings. The van der Waals surface area contributed by atoms with Crippen LogP contribution in [0.4, 0.5) is 8.78 Å². The molecule has 3 N–H and O–H groups in total. The number of hydrogen-bond donors (Lipinski definition) is 3. The third-order valence-electron chi connectivity index (χ3n) is 6.79. The summed E-state index contributed by atoms with van der Waals surface area (Å²) in [5.41, 5.74) is 0.234. The standard InChI is InChI=1S/C23H29F2N5O/c1-14-9-17-12-29(13-20(14)30(17)21(27)6-3-15(2)26)22(31)11-28-23(7-8-23)18-5-4-16(24)10-19(18)25/h3-6,10,14,17,20,26-28H,7-9,11-13H2,1-2H3/b6-3-,26-15?,27-21?/t14-,17?,20?/m0/s1. The van der Waals surface area contributed by atoms with Crippen LogP contribution in [-0.2, 0) is 10.3 Å². The monoisotopic (exact) mass is 429 g/mol. The molecule has 0 aromatic heterocycles. The van der Waals surface area contributed by atoms with Crippen molar-refractivity contribution in [2.45, 2.75) is 50.7 Å². The summed E-state index contributed by atoms with van der Waals surface area (Å²) in [7, 11) is 0. The molecule has 1 saturated carbocycles. The lowest BCUT2D eigenvalue weighted by Crippen LogP contribution is -2.58. The van der Waals surface area contributed by atoms with E-state index in [1.165, 1.54) is 12.1 Å². The molecule has 3 atom stereocenters. The summed E-state index contributed by atoms with van der Waals surface area (Å²) in [6, 6.07) is 3.77. The van der Waals surface area contributed by atoms with E-state index in [-0.39, 0.29) is 24.5 Å². The fourth-order valence-electron chi connectivity index (χ4n) is 5.00. The van der Waals surface area contributed by atoms with Gasteiger partial charge in [-0.1, -0.05) is 13.0 Å². The number of fused-ring (bicyclic) bond motifs is 2. The summed E-state index contributed by atoms with van der Waals surface area (Å²) in [5.74, 6) is -0.458. The number of carbonyl (C=O) groups is 1. The molecule has 3 fully saturated rings. The number of nitrogens with one attached hydrogen (secondary N) is 3. The number of amides is 1. The third-order valence-corrected chi connectivity index (χ3v) is 6.79. The zero-order valence-electron chi connectivity index (χ0n) is 17.9. The van der Waals surface area contributed by atoms with E-state index < -0.39 is 17.2 Å². The van der Waals surface area contributed by atoms with Crippen LogP contribution in [0.25, 0.3) is 0 Å². The second-order valence-corrected chi connectivity index (χ2v) is 9.10. The van der Waals surface area contributed by atoms with Gasteiger partial charge in [0.05, 0.1) is 12.6 Å². The lowest BCUT2D eigenvalue weighted by atomic mass is 10.0. The fraction of sp³-hybridized carbons (Fsp3) is 0.522. The molecule has 2 heterocycles. The molecule has 2 unspecified atom stereocenters. The molecule has 166 valence electrons. The van der Waals surface area contributed by atoms with Crippen molar-refractivity contribution >= 4 is 17.5 Å². The van der Waals surface area contributed by atoms with Gasteiger partial charge in [-0.15, -0.1) is 0 Å². The summed E-state index contributed by atoms with van der Waals surface area (Å²) in [6.45, 7) is 5.04. The molecule has 2 saturated heterocycles. The summed E-state index contributed by atoms with van der Waals surface area (Å²) in [6.07, 6.45) is 5.64. The first-order chi connectivity index (χ1) is 14.7. The van der Waals surface area contributed by atoms with E-state index in [9.17, 15) is 13.6 Å². The Kier molecular flexibility index (Phi) is 5.68. The van der Waals surface area contributed by atoms with E-state index in [0.29, 0.717) is 36.1 Å². The molecular formula is C23H29F2N5O. The van der Waals surface area contributed by atoms with Crippen molar-refractivity contribution in [1.82, 2.24) is 15.1 Å². The number of halogens is 2. The van der Waals surface area contributed by atoms with Crippen LogP contribution in [0.2, 0.25) is 0 Å². The second-order valence-electron chi connectivity index (χ2n) is 9.10. The first-order valence-corrected chi connectivity index (χ1v) is 10.8. The van der Waals surface area contributed by atoms with Crippen LogP contribution < -0.4 is 5.32 Å². The molecule has 1 amide bonds. The Hall–Kier alpha value is -2.61. The van der Waals surface area contributed by atoms with E-state index in [1.807, 2.05) is 4.90 Å². The average molecular weight is 430 g/mol. The van der Waals surface area contributed by atoms with Crippen LogP contribution in [0, 0.1) is 28.4 Å². The number of carbonyl (C=O) groups excluding carboxylic acids is 1. The second kappa shape index (κ2) is 8.15. The molecule has 3 aliphatic rings. The maximum atomic E-state index is 14.2. The zero-order chi connectivity index (χ0) is 22.3. The van der Waals surface area contributed by atoms with Crippen molar-refractivity contribution in [3.8, 4) is 0 Å². The molecule has 8 heteroatoms. The normalized spacial score (nSPS) is 26.4. The van der Waals surface area contributed by atoms with E-state index >= 15 is 0 Å². The first kappa shape index (κ1) is 21.6. The minimum atomic E-state index is -0.605. The third kappa shape index (κ3) is 4.26. The largest absolute Gasteiger partial charge is 0.347 e. The van der Waals surface area contributed by atoms with Gasteiger partial charge in [0.15, 0.2) is 0 Å². The average Bonchev–Trinajstić information content (AvgIpc) is 3.46. The van der Waals surface area contributed by atoms with Gasteiger partial charge in [0.2, 0.25) is 5.91 Å². The van der Waals surface area contributed by atoms with Crippen LogP contribution in [0.3, 0.4) is 0 Å². The predicted octanol–water partition coefficient (Wildman–Crippen LogP) is 3.04. The SMILES string of the molecule is CC(=N)/C=C\C(=N)N1C2C[C@H](C)C1CN(C(=O)CNC1(c3ccc(F)cc3F)CC1)C2. The van der Waals surface area contributed by atoms with Gasteiger partial charge in [0, 0.05) is 42.0 Å². The quantitative estimate of drug-likeness (QED) is 0.480. The molecule has 2 bridgehead atoms. The van der Waals surface area contributed by atoms with Crippen molar-refractivity contribution < 1.29 is 13.6 Å². The number of nitrogens with zero attached hydrogens (tertiary/aromatic N) is 2. The molecule has 1 aromatic carbocycles. The zero-order valence-corrected chi connectivity index (χ0v) is 17.9. The van der Waals surface area contributed by atoms with Gasteiger partial charge < -0.3 is 15.2 Å². The Labute approximate surface area is 181 Å². The Morgan fingerprint density at radius 2 is 2.00 bits per heavy atom. The highest BCUT2D eigenvalue weighted by Crippen LogP contribution is 2.46. The first-order valence-electron chi connectivity index (χ1n) is 10.8. The molecule has 1 aliphatic carbocycles. The van der Waals surface area contributed by atoms with Crippen LogP contribution in [0.15, 0.2) is 30.4 Å². The lowest BCUT2D eigenvalue weighted by molar-refractivity contribution is -0.133. The molecule has 6 nitrogen and oxygen atoms in total. The van der Waals surface area contributed by atoms with Crippen LogP contribution in [-0.4, -0.2) is 59.0 Å². The van der Waals surface area contributed by atoms with Gasteiger partial charge in [-0.3, -0.25) is 15.5 Å². The highest BCUT2D eigenvalue weighted by molar-refractivity contribution is 5.99. The summed E-state index contributed by atoms with van der Waals surface area (Å²) >= 11 is 0. The number of benzene rings is 1. The molecule has 0 spiro atoms. The maximum absolute atomic E-state index is 14.2. The molecule has 4 rings (SSSR count). The van der Waals surface area contributed by atoms with Crippen molar-refractivity contribution in [3.05, 3.63) is 47.5 Å². The predicted molar refractivity (Wildman–Crippen MR) is 115 cm³/mol. The molecule has 0 radical (unpaired) electrons. The van der Waals surface area contributed by atoms with Gasteiger partial charge in [0.25, 0.3) is 0 Å². The summed E-state index contributed by atoms with van der Waals surface area (Å²) in [5, 5.41) is 19.2. The number of amidine groups is 1. The lowest BCUT2D eigenvalue weighted by Gasteiger charge is -2.42. The number of rotatable bonds is 6. The number of allylic oxidation sites excluding steroid dienone is 1. The Morgan fingerprint density at radius 1 is 1.26 bits per heavy atom. The van der Waals surface area contributed by atoms with Gasteiger partial charge in [-0.2, -0.15) is 0 Å². The minimum absolute atomic E-state index is 0.0325. The number of likely N-dealkylation sites (tertiary alicyclic amines) is 1. The van der Waals surface area contributed by atoms with Gasteiger partial charge in [-0.25, -0.2) is 8.78 Å². The van der Waals surface area contributed by atoms with Crippen molar-refractivity contribution in [2.75, 3.05) is 19.6 Å². The highest BCUT2D eigenvalue weighted by Gasteiger charge is 2.48. The smallest absolute Gasteiger partial charge is 0.236 e. The number of piperazine rings is 1. The number of hydrogen-bond acceptors (Lipinski definition) is 4. The van der Waals surface area contributed by atoms with E-state index in [1.54, 1.807) is 19.1 Å². The molecular weight excluding hydrogens is 400 g/mol. The van der Waals surface area contributed by atoms with Gasteiger partial charge >= 0.3 is 0 Å². The topological polar surface area (TPSA) is 83.3 Å². The van der Waals surface area contributed by atoms with Crippen LogP contribution >= 0.6 is 0 Å². The fourth-order valence-corrected chi connectivity index (χ4v) is 5.00. The van der Waals surface area contributed by atoms with E-state index in [4.69, 9.17) is 10.8 Å². The Bertz CT molecular complexity index is 942. The van der Waals surface area contributed by atoms with Crippen molar-refractivity contribution in [3.63, 3.8) is 0 Å². The van der Waals surface area contributed by atoms with E-state index in [2.05, 4.69) is 17.1 Å². The Balaban J connectivity index is 1.39. The van der Waals surface area contributed by atoms with Gasteiger partial charge in [-0.05, 0) is 50.3 Å². The minimum Gasteiger partial charge on any atom is -0.347 e. The van der Waals surface area contributed by atoms with Crippen LogP contribution in [0.1, 0.15) is 38.7 Å². The van der Waals surface area contributed by atoms with Crippen molar-refractivity contribution in [2.24, 2.45) is 5.92 Å². The maximum Gasteiger partial charge on any atom is 0.236 e. The Morgan fingerprint density at radius 3 is 2.61 bits per heavy atom.